The number of hydrogen-bond acceptors (Lipinski definition) is 3. The predicted molar refractivity (Wildman–Crippen MR) is 102 cm³/mol. The van der Waals surface area contributed by atoms with Crippen molar-refractivity contribution in [3.63, 3.8) is 0 Å². The Kier molecular flexibility index (Phi) is 4.84. The zero-order valence-electron chi connectivity index (χ0n) is 14.7. The first-order chi connectivity index (χ1) is 12.0. The van der Waals surface area contributed by atoms with Gasteiger partial charge in [-0.05, 0) is 37.1 Å². The highest BCUT2D eigenvalue weighted by Crippen LogP contribution is 2.21. The number of hydrogen-bond donors (Lipinski definition) is 2. The number of aryl methyl sites for hydroxylation is 2. The number of nitrogens with zero attached hydrogens (tertiary/aromatic N) is 2. The lowest BCUT2D eigenvalue weighted by Crippen LogP contribution is -2.22. The molecule has 0 aliphatic carbocycles. The van der Waals surface area contributed by atoms with E-state index in [1.54, 1.807) is 4.68 Å². The standard InChI is InChI=1S/C20H22N4O/c1-14-20(15(2)24(3)23-14)22-19(25)13-21-18-11-9-17(10-12-18)16-7-5-4-6-8-16/h4-12,21H,13H2,1-3H3,(H,22,25). The van der Waals surface area contributed by atoms with Crippen LogP contribution >= 0.6 is 0 Å². The van der Waals surface area contributed by atoms with E-state index in [1.807, 2.05) is 63.4 Å². The molecule has 3 rings (SSSR count). The molecule has 3 aromatic rings. The Labute approximate surface area is 147 Å². The fourth-order valence-electron chi connectivity index (χ4n) is 2.73. The highest BCUT2D eigenvalue weighted by atomic mass is 16.1. The first kappa shape index (κ1) is 16.8. The highest BCUT2D eigenvalue weighted by molar-refractivity contribution is 5.94. The fraction of sp³-hybridized carbons (Fsp3) is 0.200. The number of benzene rings is 2. The van der Waals surface area contributed by atoms with Gasteiger partial charge in [-0.3, -0.25) is 9.48 Å². The summed E-state index contributed by atoms with van der Waals surface area (Å²) in [4.78, 5) is 12.2. The Morgan fingerprint density at radius 2 is 1.64 bits per heavy atom. The first-order valence-corrected chi connectivity index (χ1v) is 8.24. The number of carbonyl (C=O) groups is 1. The number of amides is 1. The van der Waals surface area contributed by atoms with Crippen LogP contribution in [0, 0.1) is 13.8 Å². The molecule has 0 aliphatic heterocycles. The molecule has 5 heteroatoms. The summed E-state index contributed by atoms with van der Waals surface area (Å²) in [6, 6.07) is 18.3. The van der Waals surface area contributed by atoms with Crippen LogP contribution in [-0.4, -0.2) is 22.2 Å². The van der Waals surface area contributed by atoms with E-state index in [0.717, 1.165) is 28.3 Å². The molecule has 0 atom stereocenters. The molecule has 0 radical (unpaired) electrons. The summed E-state index contributed by atoms with van der Waals surface area (Å²) in [5, 5.41) is 10.4. The second-order valence-electron chi connectivity index (χ2n) is 6.01. The molecule has 1 aromatic heterocycles. The van der Waals surface area contributed by atoms with Crippen molar-refractivity contribution >= 4 is 17.3 Å². The molecule has 0 aliphatic rings. The first-order valence-electron chi connectivity index (χ1n) is 8.24. The summed E-state index contributed by atoms with van der Waals surface area (Å²) < 4.78 is 1.76. The van der Waals surface area contributed by atoms with Crippen molar-refractivity contribution in [2.45, 2.75) is 13.8 Å². The molecule has 0 spiro atoms. The van der Waals surface area contributed by atoms with Crippen molar-refractivity contribution in [2.24, 2.45) is 7.05 Å². The Morgan fingerprint density at radius 3 is 2.24 bits per heavy atom. The van der Waals surface area contributed by atoms with Crippen molar-refractivity contribution in [1.82, 2.24) is 9.78 Å². The number of carbonyl (C=O) groups excluding carboxylic acids is 1. The molecular formula is C20H22N4O. The van der Waals surface area contributed by atoms with Crippen LogP contribution in [0.3, 0.4) is 0 Å². The van der Waals surface area contributed by atoms with E-state index in [2.05, 4.69) is 27.9 Å². The molecule has 0 unspecified atom stereocenters. The van der Waals surface area contributed by atoms with Gasteiger partial charge in [-0.2, -0.15) is 5.10 Å². The highest BCUT2D eigenvalue weighted by Gasteiger charge is 2.12. The minimum atomic E-state index is -0.0914. The van der Waals surface area contributed by atoms with E-state index in [4.69, 9.17) is 0 Å². The van der Waals surface area contributed by atoms with Crippen molar-refractivity contribution < 1.29 is 4.79 Å². The summed E-state index contributed by atoms with van der Waals surface area (Å²) in [6.45, 7) is 4.03. The third kappa shape index (κ3) is 3.88. The van der Waals surface area contributed by atoms with Gasteiger partial charge in [-0.15, -0.1) is 0 Å². The van der Waals surface area contributed by atoms with Gasteiger partial charge < -0.3 is 10.6 Å². The van der Waals surface area contributed by atoms with E-state index in [9.17, 15) is 4.79 Å². The molecule has 0 saturated heterocycles. The maximum atomic E-state index is 12.2. The summed E-state index contributed by atoms with van der Waals surface area (Å²) in [5.74, 6) is -0.0914. The van der Waals surface area contributed by atoms with Gasteiger partial charge in [-0.25, -0.2) is 0 Å². The molecule has 0 bridgehead atoms. The predicted octanol–water partition coefficient (Wildman–Crippen LogP) is 3.75. The lowest BCUT2D eigenvalue weighted by atomic mass is 10.1. The summed E-state index contributed by atoms with van der Waals surface area (Å²) in [5.41, 5.74) is 5.79. The van der Waals surface area contributed by atoms with Gasteiger partial charge in [0, 0.05) is 12.7 Å². The Morgan fingerprint density at radius 1 is 1.00 bits per heavy atom. The van der Waals surface area contributed by atoms with E-state index < -0.39 is 0 Å². The molecule has 25 heavy (non-hydrogen) atoms. The van der Waals surface area contributed by atoms with Crippen molar-refractivity contribution in [2.75, 3.05) is 17.2 Å². The van der Waals surface area contributed by atoms with Gasteiger partial charge in [0.05, 0.1) is 23.6 Å². The topological polar surface area (TPSA) is 59.0 Å². The van der Waals surface area contributed by atoms with Gasteiger partial charge >= 0.3 is 0 Å². The van der Waals surface area contributed by atoms with Crippen LogP contribution in [0.5, 0.6) is 0 Å². The van der Waals surface area contributed by atoms with Crippen molar-refractivity contribution in [1.29, 1.82) is 0 Å². The van der Waals surface area contributed by atoms with Crippen molar-refractivity contribution in [3.05, 3.63) is 66.0 Å². The molecule has 1 heterocycles. The molecule has 1 amide bonds. The zero-order chi connectivity index (χ0) is 17.8. The van der Waals surface area contributed by atoms with Gasteiger partial charge in [0.1, 0.15) is 0 Å². The SMILES string of the molecule is Cc1nn(C)c(C)c1NC(=O)CNc1ccc(-c2ccccc2)cc1. The third-order valence-corrected chi connectivity index (χ3v) is 4.22. The molecule has 5 nitrogen and oxygen atoms in total. The summed E-state index contributed by atoms with van der Waals surface area (Å²) in [7, 11) is 1.87. The van der Waals surface area contributed by atoms with Crippen LogP contribution in [0.1, 0.15) is 11.4 Å². The zero-order valence-corrected chi connectivity index (χ0v) is 14.7. The third-order valence-electron chi connectivity index (χ3n) is 4.22. The average molecular weight is 334 g/mol. The van der Waals surface area contributed by atoms with E-state index in [-0.39, 0.29) is 12.5 Å². The Bertz CT molecular complexity index is 867. The van der Waals surface area contributed by atoms with Crippen LogP contribution in [0.2, 0.25) is 0 Å². The lowest BCUT2D eigenvalue weighted by molar-refractivity contribution is -0.114. The van der Waals surface area contributed by atoms with Crippen LogP contribution in [0.15, 0.2) is 54.6 Å². The maximum Gasteiger partial charge on any atom is 0.243 e. The van der Waals surface area contributed by atoms with Crippen LogP contribution < -0.4 is 10.6 Å². The van der Waals surface area contributed by atoms with Gasteiger partial charge in [0.25, 0.3) is 0 Å². The lowest BCUT2D eigenvalue weighted by Gasteiger charge is -2.09. The molecule has 0 saturated carbocycles. The monoisotopic (exact) mass is 334 g/mol. The average Bonchev–Trinajstić information content (AvgIpc) is 2.87. The summed E-state index contributed by atoms with van der Waals surface area (Å²) >= 11 is 0. The van der Waals surface area contributed by atoms with Crippen LogP contribution in [0.25, 0.3) is 11.1 Å². The normalized spacial score (nSPS) is 10.5. The molecule has 2 N–H and O–H groups in total. The van der Waals surface area contributed by atoms with E-state index in [1.165, 1.54) is 5.56 Å². The maximum absolute atomic E-state index is 12.2. The smallest absolute Gasteiger partial charge is 0.243 e. The Hall–Kier alpha value is -3.08. The largest absolute Gasteiger partial charge is 0.376 e. The van der Waals surface area contributed by atoms with Crippen molar-refractivity contribution in [3.8, 4) is 11.1 Å². The number of rotatable bonds is 5. The molecular weight excluding hydrogens is 312 g/mol. The second-order valence-corrected chi connectivity index (χ2v) is 6.01. The van der Waals surface area contributed by atoms with E-state index in [0.29, 0.717) is 0 Å². The number of nitrogens with one attached hydrogen (secondary N) is 2. The Balaban J connectivity index is 1.59. The molecule has 2 aromatic carbocycles. The quantitative estimate of drug-likeness (QED) is 0.747. The van der Waals surface area contributed by atoms with E-state index >= 15 is 0 Å². The minimum absolute atomic E-state index is 0.0914. The van der Waals surface area contributed by atoms with Gasteiger partial charge in [0.15, 0.2) is 0 Å². The van der Waals surface area contributed by atoms with Crippen LogP contribution in [0.4, 0.5) is 11.4 Å². The van der Waals surface area contributed by atoms with Crippen LogP contribution in [-0.2, 0) is 11.8 Å². The minimum Gasteiger partial charge on any atom is -0.376 e. The second kappa shape index (κ2) is 7.21. The molecule has 128 valence electrons. The molecule has 0 fully saturated rings. The fourth-order valence-corrected chi connectivity index (χ4v) is 2.73. The summed E-state index contributed by atoms with van der Waals surface area (Å²) in [6.07, 6.45) is 0. The number of aromatic nitrogens is 2. The number of anilines is 2. The van der Waals surface area contributed by atoms with Gasteiger partial charge in [0.2, 0.25) is 5.91 Å². The van der Waals surface area contributed by atoms with Gasteiger partial charge in [-0.1, -0.05) is 42.5 Å².